The second-order valence-electron chi connectivity index (χ2n) is 8.00. The summed E-state index contributed by atoms with van der Waals surface area (Å²) in [6, 6.07) is 39.3. The summed E-state index contributed by atoms with van der Waals surface area (Å²) >= 11 is 0. The molecule has 190 valence electrons. The molecule has 0 amide bonds. The summed E-state index contributed by atoms with van der Waals surface area (Å²) in [7, 11) is 0.500. The maximum atomic E-state index is 9.50. The van der Waals surface area contributed by atoms with Gasteiger partial charge in [0.05, 0.1) is 7.18 Å². The van der Waals surface area contributed by atoms with Gasteiger partial charge in [-0.25, -0.2) is 0 Å². The molecule has 0 spiro atoms. The number of hydrogen-bond acceptors (Lipinski definition) is 0. The average molecular weight is 499 g/mol. The molecule has 36 heavy (non-hydrogen) atoms. The molecule has 4 aromatic carbocycles. The molecule has 0 aliphatic carbocycles. The lowest BCUT2D eigenvalue weighted by Crippen LogP contribution is -2.10. The molecule has 0 heterocycles. The minimum Gasteiger partial charge on any atom is -0.255 e. The lowest BCUT2D eigenvalue weighted by atomic mass is 9.78. The number of rotatable bonds is 6. The molecular weight excluding hydrogens is 467 g/mol. The van der Waals surface area contributed by atoms with E-state index in [9.17, 15) is 4.39 Å². The molecule has 0 saturated carbocycles. The number of aryl methyl sites for hydroxylation is 1. The fourth-order valence-corrected chi connectivity index (χ4v) is 4.06. The van der Waals surface area contributed by atoms with Gasteiger partial charge in [0.15, 0.2) is 0 Å². The van der Waals surface area contributed by atoms with Crippen LogP contribution in [0.2, 0.25) is 0 Å². The number of halogens is 5. The van der Waals surface area contributed by atoms with E-state index >= 15 is 0 Å². The van der Waals surface area contributed by atoms with Crippen LogP contribution < -0.4 is 0 Å². The zero-order valence-corrected chi connectivity index (χ0v) is 20.6. The van der Waals surface area contributed by atoms with Gasteiger partial charge in [-0.2, -0.15) is 0 Å². The van der Waals surface area contributed by atoms with Crippen LogP contribution in [0.1, 0.15) is 52.1 Å². The van der Waals surface area contributed by atoms with Crippen molar-refractivity contribution in [3.8, 4) is 0 Å². The highest BCUT2D eigenvalue weighted by Gasteiger charge is 2.22. The third-order valence-corrected chi connectivity index (χ3v) is 5.83. The molecule has 0 aromatic heterocycles. The molecule has 0 N–H and O–H groups in total. The summed E-state index contributed by atoms with van der Waals surface area (Å²) in [5.74, 6) is 0.708. The van der Waals surface area contributed by atoms with Gasteiger partial charge < -0.3 is 0 Å². The van der Waals surface area contributed by atoms with Gasteiger partial charge in [-0.1, -0.05) is 134 Å². The first-order valence-electron chi connectivity index (χ1n) is 11.3. The second-order valence-corrected chi connectivity index (χ2v) is 8.00. The molecule has 0 radical (unpaired) electrons. The van der Waals surface area contributed by atoms with E-state index in [2.05, 4.69) is 129 Å². The normalized spacial score (nSPS) is 11.6. The minimum atomic E-state index is 0.320. The first-order chi connectivity index (χ1) is 17.7. The fourth-order valence-electron chi connectivity index (χ4n) is 4.06. The average Bonchev–Trinajstić information content (AvgIpc) is 2.98. The topological polar surface area (TPSA) is 0 Å². The van der Waals surface area contributed by atoms with Crippen LogP contribution >= 0.6 is 0 Å². The lowest BCUT2D eigenvalue weighted by molar-refractivity contribution is 0.108. The van der Waals surface area contributed by atoms with Crippen LogP contribution in [-0.4, -0.2) is 7.18 Å². The van der Waals surface area contributed by atoms with Crippen LogP contribution in [0.25, 0.3) is 12.2 Å². The van der Waals surface area contributed by atoms with Crippen LogP contribution in [-0.2, 0) is 0 Å². The van der Waals surface area contributed by atoms with Crippen molar-refractivity contribution >= 4 is 12.2 Å². The van der Waals surface area contributed by atoms with Gasteiger partial charge in [-0.15, -0.1) is 0 Å². The molecule has 2 unspecified atom stereocenters. The summed E-state index contributed by atoms with van der Waals surface area (Å²) in [6.45, 7) is 4.48. The zero-order chi connectivity index (χ0) is 26.8. The van der Waals surface area contributed by atoms with Crippen LogP contribution in [0.5, 0.6) is 0 Å². The summed E-state index contributed by atoms with van der Waals surface area (Å²) in [5.41, 5.74) is 7.83. The molecule has 0 aliphatic rings. The molecule has 0 bridgehead atoms. The van der Waals surface area contributed by atoms with Crippen molar-refractivity contribution in [2.24, 2.45) is 0 Å². The smallest absolute Gasteiger partial charge is 0.0785 e. The Hall–Kier alpha value is -3.73. The van der Waals surface area contributed by atoms with Gasteiger partial charge in [0.2, 0.25) is 0 Å². The Morgan fingerprint density at radius 2 is 0.889 bits per heavy atom. The Bertz CT molecular complexity index is 1090. The first-order valence-corrected chi connectivity index (χ1v) is 11.3. The zero-order valence-electron chi connectivity index (χ0n) is 20.6. The van der Waals surface area contributed by atoms with E-state index in [-0.39, 0.29) is 0 Å². The predicted molar refractivity (Wildman–Crippen MR) is 141 cm³/mol. The van der Waals surface area contributed by atoms with Gasteiger partial charge in [0, 0.05) is 24.2 Å². The summed E-state index contributed by atoms with van der Waals surface area (Å²) in [5, 5.41) is 0. The van der Waals surface area contributed by atoms with Gasteiger partial charge in [-0.3, -0.25) is 4.39 Å². The Balaban J connectivity index is 0.00000101. The number of hydrogen-bond donors (Lipinski definition) is 0. The third kappa shape index (κ3) is 9.14. The maximum Gasteiger partial charge on any atom is 0.0785 e. The largest absolute Gasteiger partial charge is 0.255 e. The van der Waals surface area contributed by atoms with Crippen LogP contribution in [0, 0.1) is 6.92 Å². The van der Waals surface area contributed by atoms with Crippen LogP contribution in [0.3, 0.4) is 0 Å². The van der Waals surface area contributed by atoms with E-state index in [1.54, 1.807) is 0 Å². The SMILES string of the molecule is CF.Cc1ccc(C(c2ccc(/C=C/c3ccccc3)cc2)C(C)c2ccccc2)cc1.FF.FF. The molecule has 4 aromatic rings. The van der Waals surface area contributed by atoms with Gasteiger partial charge in [-0.05, 0) is 40.7 Å². The Morgan fingerprint density at radius 3 is 1.36 bits per heavy atom. The molecule has 0 fully saturated rings. The first kappa shape index (κ1) is 30.3. The number of benzene rings is 4. The van der Waals surface area contributed by atoms with E-state index in [4.69, 9.17) is 18.3 Å². The molecule has 0 saturated heterocycles. The van der Waals surface area contributed by atoms with Crippen molar-refractivity contribution in [2.75, 3.05) is 7.18 Å². The Kier molecular flexibility index (Phi) is 14.9. The highest BCUT2D eigenvalue weighted by atomic mass is 20.0. The fraction of sp³-hybridized carbons (Fsp3) is 0.161. The summed E-state index contributed by atoms with van der Waals surface area (Å²) in [4.78, 5) is 0. The van der Waals surface area contributed by atoms with Gasteiger partial charge in [0.25, 0.3) is 0 Å². The standard InChI is InChI=1S/C30H28.CH3F.2F2/c1-23-13-19-28(20-14-23)30(24(2)27-11-7-4-8-12-27)29-21-17-26(18-22-29)16-15-25-9-5-3-6-10-25;3*1-2/h3-22,24,30H,1-2H3;1H3;;/b16-15+;;;. The van der Waals surface area contributed by atoms with E-state index in [1.165, 1.54) is 33.4 Å². The van der Waals surface area contributed by atoms with Crippen molar-refractivity contribution in [3.05, 3.63) is 143 Å². The maximum absolute atomic E-state index is 9.50. The van der Waals surface area contributed by atoms with Crippen molar-refractivity contribution in [2.45, 2.75) is 25.7 Å². The van der Waals surface area contributed by atoms with E-state index in [0.29, 0.717) is 19.0 Å². The third-order valence-electron chi connectivity index (χ3n) is 5.83. The van der Waals surface area contributed by atoms with Crippen molar-refractivity contribution in [3.63, 3.8) is 0 Å². The van der Waals surface area contributed by atoms with E-state index < -0.39 is 0 Å². The molecule has 5 heteroatoms. The summed E-state index contributed by atoms with van der Waals surface area (Å²) < 4.78 is 41.5. The van der Waals surface area contributed by atoms with Gasteiger partial charge in [0.1, 0.15) is 0 Å². The molecule has 4 rings (SSSR count). The molecule has 0 nitrogen and oxygen atoms in total. The monoisotopic (exact) mass is 498 g/mol. The van der Waals surface area contributed by atoms with Gasteiger partial charge >= 0.3 is 0 Å². The second kappa shape index (κ2) is 17.7. The van der Waals surface area contributed by atoms with Crippen molar-refractivity contribution in [1.82, 2.24) is 0 Å². The van der Waals surface area contributed by atoms with E-state index in [1.807, 2.05) is 6.07 Å². The Labute approximate surface area is 210 Å². The highest BCUT2D eigenvalue weighted by Crippen LogP contribution is 2.38. The van der Waals surface area contributed by atoms with Crippen molar-refractivity contribution in [1.29, 1.82) is 0 Å². The highest BCUT2D eigenvalue weighted by molar-refractivity contribution is 5.69. The number of alkyl halides is 1. The molecule has 2 atom stereocenters. The van der Waals surface area contributed by atoms with Crippen molar-refractivity contribution < 1.29 is 22.7 Å². The molecule has 0 aliphatic heterocycles. The minimum absolute atomic E-state index is 0.320. The predicted octanol–water partition coefficient (Wildman–Crippen LogP) is 10.4. The Morgan fingerprint density at radius 1 is 0.500 bits per heavy atom. The lowest BCUT2D eigenvalue weighted by Gasteiger charge is -2.26. The summed E-state index contributed by atoms with van der Waals surface area (Å²) in [6.07, 6.45) is 4.35. The van der Waals surface area contributed by atoms with E-state index in [0.717, 1.165) is 0 Å². The van der Waals surface area contributed by atoms with Crippen LogP contribution in [0.15, 0.2) is 109 Å². The van der Waals surface area contributed by atoms with Crippen LogP contribution in [0.4, 0.5) is 22.7 Å². The quantitative estimate of drug-likeness (QED) is 0.183. The molecular formula is C31H31F5.